The Morgan fingerprint density at radius 2 is 1.93 bits per heavy atom. The number of carbonyl (C=O) groups is 1. The van der Waals surface area contributed by atoms with Crippen molar-refractivity contribution in [2.75, 3.05) is 18.0 Å². The van der Waals surface area contributed by atoms with Crippen molar-refractivity contribution in [3.8, 4) is 5.75 Å². The predicted octanol–water partition coefficient (Wildman–Crippen LogP) is 4.26. The maximum atomic E-state index is 13.3. The molecule has 0 saturated heterocycles. The highest BCUT2D eigenvalue weighted by molar-refractivity contribution is 7.92. The summed E-state index contributed by atoms with van der Waals surface area (Å²) in [6.45, 7) is 7.52. The van der Waals surface area contributed by atoms with Crippen molar-refractivity contribution < 1.29 is 17.9 Å². The summed E-state index contributed by atoms with van der Waals surface area (Å²) in [6, 6.07) is 10.7. The zero-order valence-electron chi connectivity index (χ0n) is 16.7. The Labute approximate surface area is 177 Å². The quantitative estimate of drug-likeness (QED) is 0.596. The average Bonchev–Trinajstić information content (AvgIpc) is 2.71. The van der Waals surface area contributed by atoms with Crippen LogP contribution < -0.4 is 14.4 Å². The highest BCUT2D eigenvalue weighted by Gasteiger charge is 2.26. The van der Waals surface area contributed by atoms with E-state index in [-0.39, 0.29) is 28.1 Å². The fourth-order valence-corrected chi connectivity index (χ4v) is 4.24. The second-order valence-electron chi connectivity index (χ2n) is 6.45. The van der Waals surface area contributed by atoms with Crippen LogP contribution in [0.3, 0.4) is 0 Å². The molecule has 1 N–H and O–H groups in total. The predicted molar refractivity (Wildman–Crippen MR) is 116 cm³/mol. The van der Waals surface area contributed by atoms with Gasteiger partial charge in [-0.15, -0.1) is 6.58 Å². The van der Waals surface area contributed by atoms with E-state index >= 15 is 0 Å². The number of nitrogens with zero attached hydrogens (tertiary/aromatic N) is 1. The number of ether oxygens (including phenoxy) is 1. The summed E-state index contributed by atoms with van der Waals surface area (Å²) in [5, 5.41) is 2.99. The van der Waals surface area contributed by atoms with Gasteiger partial charge in [-0.05, 0) is 55.8 Å². The van der Waals surface area contributed by atoms with Gasteiger partial charge >= 0.3 is 0 Å². The molecule has 0 heterocycles. The van der Waals surface area contributed by atoms with E-state index in [1.54, 1.807) is 24.3 Å². The van der Waals surface area contributed by atoms with Gasteiger partial charge in [0, 0.05) is 6.04 Å². The van der Waals surface area contributed by atoms with E-state index in [4.69, 9.17) is 16.3 Å². The van der Waals surface area contributed by atoms with Crippen molar-refractivity contribution in [3.63, 3.8) is 0 Å². The molecular weight excluding hydrogens is 412 g/mol. The molecule has 1 unspecified atom stereocenters. The summed E-state index contributed by atoms with van der Waals surface area (Å²) in [5.74, 6) is 0.196. The molecule has 0 aromatic heterocycles. The first-order valence-corrected chi connectivity index (χ1v) is 10.9. The van der Waals surface area contributed by atoms with Crippen molar-refractivity contribution in [1.82, 2.24) is 5.32 Å². The van der Waals surface area contributed by atoms with E-state index in [0.717, 1.165) is 6.42 Å². The molecule has 0 aliphatic carbocycles. The second kappa shape index (κ2) is 9.80. The molecule has 1 atom stereocenters. The van der Waals surface area contributed by atoms with Crippen molar-refractivity contribution in [2.24, 2.45) is 0 Å². The number of carbonyl (C=O) groups excluding carboxylic acids is 1. The van der Waals surface area contributed by atoms with Crippen LogP contribution in [0.5, 0.6) is 5.75 Å². The lowest BCUT2D eigenvalue weighted by Gasteiger charge is -2.24. The molecule has 8 heteroatoms. The Morgan fingerprint density at radius 3 is 2.48 bits per heavy atom. The largest absolute Gasteiger partial charge is 0.497 e. The van der Waals surface area contributed by atoms with Crippen LogP contribution in [0.2, 0.25) is 5.02 Å². The van der Waals surface area contributed by atoms with Crippen LogP contribution in [0.1, 0.15) is 30.6 Å². The van der Waals surface area contributed by atoms with Crippen LogP contribution in [-0.2, 0) is 10.0 Å². The topological polar surface area (TPSA) is 75.7 Å². The third kappa shape index (κ3) is 5.31. The van der Waals surface area contributed by atoms with Crippen LogP contribution >= 0.6 is 11.6 Å². The number of nitrogens with one attached hydrogen (secondary N) is 1. The monoisotopic (exact) mass is 436 g/mol. The first-order chi connectivity index (χ1) is 13.7. The summed E-state index contributed by atoms with van der Waals surface area (Å²) >= 11 is 6.16. The summed E-state index contributed by atoms with van der Waals surface area (Å²) in [6.07, 6.45) is 2.24. The maximum Gasteiger partial charge on any atom is 0.264 e. The molecule has 0 bridgehead atoms. The van der Waals surface area contributed by atoms with Crippen molar-refractivity contribution in [2.45, 2.75) is 31.2 Å². The Balaban J connectivity index is 2.47. The number of rotatable bonds is 9. The van der Waals surface area contributed by atoms with Gasteiger partial charge in [0.2, 0.25) is 0 Å². The minimum Gasteiger partial charge on any atom is -0.497 e. The van der Waals surface area contributed by atoms with Crippen LogP contribution in [0.4, 0.5) is 5.69 Å². The van der Waals surface area contributed by atoms with E-state index in [1.807, 2.05) is 13.8 Å². The Hall–Kier alpha value is -2.51. The van der Waals surface area contributed by atoms with E-state index in [9.17, 15) is 13.2 Å². The zero-order valence-corrected chi connectivity index (χ0v) is 18.3. The molecule has 0 spiro atoms. The molecule has 2 rings (SSSR count). The van der Waals surface area contributed by atoms with Crippen molar-refractivity contribution in [3.05, 3.63) is 65.7 Å². The number of hydrogen-bond donors (Lipinski definition) is 1. The molecule has 0 aliphatic rings. The highest BCUT2D eigenvalue weighted by atomic mass is 35.5. The molecule has 6 nitrogen and oxygen atoms in total. The molecule has 0 saturated carbocycles. The second-order valence-corrected chi connectivity index (χ2v) is 8.72. The molecule has 0 aliphatic heterocycles. The van der Waals surface area contributed by atoms with Gasteiger partial charge in [0.1, 0.15) is 5.75 Å². The number of methoxy groups -OCH3 is 1. The van der Waals surface area contributed by atoms with Crippen LogP contribution in [-0.4, -0.2) is 34.0 Å². The molecule has 156 valence electrons. The lowest BCUT2D eigenvalue weighted by molar-refractivity contribution is 0.0939. The molecule has 2 aromatic rings. The van der Waals surface area contributed by atoms with Gasteiger partial charge < -0.3 is 10.1 Å². The highest BCUT2D eigenvalue weighted by Crippen LogP contribution is 2.28. The van der Waals surface area contributed by atoms with Crippen LogP contribution in [0.15, 0.2) is 60.0 Å². The van der Waals surface area contributed by atoms with Crippen LogP contribution in [0, 0.1) is 0 Å². The molecule has 2 aromatic carbocycles. The third-order valence-corrected chi connectivity index (χ3v) is 6.54. The molecule has 1 amide bonds. The first kappa shape index (κ1) is 22.8. The standard InChI is InChI=1S/C21H25ClN2O4S/c1-5-13-24(16-7-9-17(28-4)10-8-16)29(26,27)18-11-12-20(22)19(14-18)21(25)23-15(3)6-2/h5,7-12,14-15H,1,6,13H2,2-4H3,(H,23,25). The summed E-state index contributed by atoms with van der Waals surface area (Å²) in [4.78, 5) is 12.5. The summed E-state index contributed by atoms with van der Waals surface area (Å²) < 4.78 is 33.0. The minimum atomic E-state index is -3.96. The number of benzene rings is 2. The Bertz CT molecular complexity index is 975. The minimum absolute atomic E-state index is 0.0335. The molecular formula is C21H25ClN2O4S. The van der Waals surface area contributed by atoms with Crippen molar-refractivity contribution >= 4 is 33.2 Å². The molecule has 0 fully saturated rings. The molecule has 29 heavy (non-hydrogen) atoms. The Morgan fingerprint density at radius 1 is 1.28 bits per heavy atom. The van der Waals surface area contributed by atoms with Gasteiger partial charge in [-0.2, -0.15) is 0 Å². The number of anilines is 1. The van der Waals surface area contributed by atoms with Gasteiger partial charge in [0.15, 0.2) is 0 Å². The molecule has 0 radical (unpaired) electrons. The smallest absolute Gasteiger partial charge is 0.264 e. The van der Waals surface area contributed by atoms with E-state index in [0.29, 0.717) is 11.4 Å². The van der Waals surface area contributed by atoms with E-state index in [1.165, 1.54) is 35.7 Å². The number of halogens is 1. The third-order valence-electron chi connectivity index (χ3n) is 4.42. The van der Waals surface area contributed by atoms with E-state index < -0.39 is 15.9 Å². The lowest BCUT2D eigenvalue weighted by atomic mass is 10.2. The van der Waals surface area contributed by atoms with Gasteiger partial charge in [-0.3, -0.25) is 9.10 Å². The maximum absolute atomic E-state index is 13.3. The number of amides is 1. The normalized spacial score (nSPS) is 12.1. The van der Waals surface area contributed by atoms with Gasteiger partial charge in [0.25, 0.3) is 15.9 Å². The van der Waals surface area contributed by atoms with Crippen LogP contribution in [0.25, 0.3) is 0 Å². The SMILES string of the molecule is C=CCN(c1ccc(OC)cc1)S(=O)(=O)c1ccc(Cl)c(C(=O)NC(C)CC)c1. The fourth-order valence-electron chi connectivity index (χ4n) is 2.58. The van der Waals surface area contributed by atoms with Gasteiger partial charge in [-0.25, -0.2) is 8.42 Å². The number of hydrogen-bond acceptors (Lipinski definition) is 4. The Kier molecular flexibility index (Phi) is 7.70. The van der Waals surface area contributed by atoms with E-state index in [2.05, 4.69) is 11.9 Å². The average molecular weight is 437 g/mol. The van der Waals surface area contributed by atoms with Gasteiger partial charge in [-0.1, -0.05) is 24.6 Å². The summed E-state index contributed by atoms with van der Waals surface area (Å²) in [7, 11) is -2.43. The number of sulfonamides is 1. The zero-order chi connectivity index (χ0) is 21.6. The fraction of sp³-hybridized carbons (Fsp3) is 0.286. The van der Waals surface area contributed by atoms with Crippen molar-refractivity contribution in [1.29, 1.82) is 0 Å². The van der Waals surface area contributed by atoms with Gasteiger partial charge in [0.05, 0.1) is 34.8 Å². The summed E-state index contributed by atoms with van der Waals surface area (Å²) in [5.41, 5.74) is 0.563. The lowest BCUT2D eigenvalue weighted by Crippen LogP contribution is -2.33. The first-order valence-electron chi connectivity index (χ1n) is 9.12.